The number of amides is 2. The number of hydrogen-bond acceptors (Lipinski definition) is 7. The molecule has 0 spiro atoms. The molecule has 0 aliphatic rings. The molecule has 12 heteroatoms. The van der Waals surface area contributed by atoms with E-state index in [-0.39, 0.29) is 29.1 Å². The first kappa shape index (κ1) is 20.6. The predicted molar refractivity (Wildman–Crippen MR) is 110 cm³/mol. The molecule has 146 valence electrons. The molecule has 0 saturated heterocycles. The van der Waals surface area contributed by atoms with E-state index in [2.05, 4.69) is 25.8 Å². The van der Waals surface area contributed by atoms with Gasteiger partial charge >= 0.3 is 0 Å². The van der Waals surface area contributed by atoms with Gasteiger partial charge in [0.1, 0.15) is 0 Å². The van der Waals surface area contributed by atoms with Gasteiger partial charge in [-0.15, -0.1) is 21.5 Å². The number of anilines is 1. The summed E-state index contributed by atoms with van der Waals surface area (Å²) in [6.45, 7) is 0.160. The molecule has 3 aromatic rings. The van der Waals surface area contributed by atoms with Crippen molar-refractivity contribution in [3.63, 3.8) is 0 Å². The maximum absolute atomic E-state index is 12.3. The number of rotatable bonds is 7. The first-order valence-electron chi connectivity index (χ1n) is 7.87. The van der Waals surface area contributed by atoms with E-state index >= 15 is 0 Å². The zero-order chi connectivity index (χ0) is 20.1. The Kier molecular flexibility index (Phi) is 6.89. The molecule has 1 aromatic carbocycles. The highest BCUT2D eigenvalue weighted by Crippen LogP contribution is 2.21. The van der Waals surface area contributed by atoms with Gasteiger partial charge in [0, 0.05) is 23.6 Å². The molecule has 2 heterocycles. The minimum absolute atomic E-state index is 0.160. The van der Waals surface area contributed by atoms with E-state index in [1.165, 1.54) is 29.2 Å². The lowest BCUT2D eigenvalue weighted by Gasteiger charge is -2.07. The van der Waals surface area contributed by atoms with E-state index < -0.39 is 0 Å². The third-order valence-corrected chi connectivity index (χ3v) is 5.78. The number of carbonyl (C=O) groups excluding carboxylic acids is 2. The van der Waals surface area contributed by atoms with E-state index in [0.717, 1.165) is 0 Å². The van der Waals surface area contributed by atoms with Crippen molar-refractivity contribution in [2.24, 2.45) is 7.05 Å². The van der Waals surface area contributed by atoms with Crippen LogP contribution < -0.4 is 10.6 Å². The summed E-state index contributed by atoms with van der Waals surface area (Å²) in [5.41, 5.74) is 0.321. The standard InChI is InChI=1S/C16H14Cl2N6O2S2/c1-24-12(7-20-14(26)10-3-2-9(17)6-11(10)18)22-23-16(24)28-8-13(25)21-15-19-4-5-27-15/h2-6H,7-8H2,1H3,(H,20,26)(H,19,21,25). The molecular weight excluding hydrogens is 443 g/mol. The molecule has 3 rings (SSSR count). The van der Waals surface area contributed by atoms with Crippen LogP contribution in [-0.4, -0.2) is 37.3 Å². The van der Waals surface area contributed by atoms with Gasteiger partial charge in [0.25, 0.3) is 5.91 Å². The SMILES string of the molecule is Cn1c(CNC(=O)c2ccc(Cl)cc2Cl)nnc1SCC(=O)Nc1nccs1. The third-order valence-electron chi connectivity index (χ3n) is 3.52. The summed E-state index contributed by atoms with van der Waals surface area (Å²) in [6.07, 6.45) is 1.62. The van der Waals surface area contributed by atoms with Crippen molar-refractivity contribution in [2.45, 2.75) is 11.7 Å². The Morgan fingerprint density at radius 1 is 1.29 bits per heavy atom. The number of thiazole rings is 1. The average molecular weight is 457 g/mol. The monoisotopic (exact) mass is 456 g/mol. The summed E-state index contributed by atoms with van der Waals surface area (Å²) in [5.74, 6) is 0.177. The molecule has 0 bridgehead atoms. The molecule has 2 N–H and O–H groups in total. The number of halogens is 2. The van der Waals surface area contributed by atoms with Crippen LogP contribution in [0, 0.1) is 0 Å². The van der Waals surface area contributed by atoms with Crippen LogP contribution >= 0.6 is 46.3 Å². The minimum Gasteiger partial charge on any atom is -0.345 e. The Morgan fingerprint density at radius 2 is 2.11 bits per heavy atom. The molecule has 0 saturated carbocycles. The fourth-order valence-corrected chi connectivity index (χ4v) is 3.89. The van der Waals surface area contributed by atoms with Crippen molar-refractivity contribution in [3.8, 4) is 0 Å². The fourth-order valence-electron chi connectivity index (χ4n) is 2.12. The molecule has 0 radical (unpaired) electrons. The van der Waals surface area contributed by atoms with Crippen LogP contribution in [0.15, 0.2) is 34.9 Å². The number of carbonyl (C=O) groups is 2. The van der Waals surface area contributed by atoms with E-state index in [1.54, 1.807) is 35.3 Å². The zero-order valence-corrected chi connectivity index (χ0v) is 17.6. The van der Waals surface area contributed by atoms with Crippen LogP contribution in [0.4, 0.5) is 5.13 Å². The van der Waals surface area contributed by atoms with Gasteiger partial charge in [-0.25, -0.2) is 4.98 Å². The number of benzene rings is 1. The second-order valence-corrected chi connectivity index (χ2v) is 8.12. The Morgan fingerprint density at radius 3 is 2.82 bits per heavy atom. The van der Waals surface area contributed by atoms with Crippen LogP contribution in [0.2, 0.25) is 10.0 Å². The van der Waals surface area contributed by atoms with Crippen molar-refractivity contribution in [3.05, 3.63) is 51.2 Å². The smallest absolute Gasteiger partial charge is 0.253 e. The average Bonchev–Trinajstić information content (AvgIpc) is 3.28. The summed E-state index contributed by atoms with van der Waals surface area (Å²) in [6, 6.07) is 4.65. The molecule has 0 aliphatic heterocycles. The van der Waals surface area contributed by atoms with Gasteiger partial charge in [-0.05, 0) is 18.2 Å². The van der Waals surface area contributed by atoms with Gasteiger partial charge in [-0.1, -0.05) is 35.0 Å². The van der Waals surface area contributed by atoms with Gasteiger partial charge in [0.05, 0.1) is 22.9 Å². The fraction of sp³-hybridized carbons (Fsp3) is 0.188. The molecule has 0 fully saturated rings. The molecule has 8 nitrogen and oxygen atoms in total. The highest BCUT2D eigenvalue weighted by Gasteiger charge is 2.15. The van der Waals surface area contributed by atoms with E-state index in [1.807, 2.05) is 0 Å². The summed E-state index contributed by atoms with van der Waals surface area (Å²) in [5, 5.41) is 17.2. The minimum atomic E-state index is -0.346. The van der Waals surface area contributed by atoms with Gasteiger partial charge < -0.3 is 15.2 Å². The molecule has 0 aliphatic carbocycles. The van der Waals surface area contributed by atoms with E-state index in [4.69, 9.17) is 23.2 Å². The van der Waals surface area contributed by atoms with Gasteiger partial charge in [-0.2, -0.15) is 0 Å². The second kappa shape index (κ2) is 9.37. The lowest BCUT2D eigenvalue weighted by atomic mass is 10.2. The Balaban J connectivity index is 1.54. The molecule has 28 heavy (non-hydrogen) atoms. The summed E-state index contributed by atoms with van der Waals surface area (Å²) in [4.78, 5) is 28.2. The molecular formula is C16H14Cl2N6O2S2. The number of aromatic nitrogens is 4. The first-order valence-corrected chi connectivity index (χ1v) is 10.5. The Hall–Kier alpha value is -2.14. The lowest BCUT2D eigenvalue weighted by molar-refractivity contribution is -0.113. The molecule has 0 unspecified atom stereocenters. The normalized spacial score (nSPS) is 10.7. The van der Waals surface area contributed by atoms with Crippen LogP contribution in [0.3, 0.4) is 0 Å². The third kappa shape index (κ3) is 5.22. The van der Waals surface area contributed by atoms with Crippen molar-refractivity contribution < 1.29 is 9.59 Å². The summed E-state index contributed by atoms with van der Waals surface area (Å²) >= 11 is 14.5. The van der Waals surface area contributed by atoms with Crippen molar-refractivity contribution >= 4 is 63.2 Å². The Bertz CT molecular complexity index is 993. The highest BCUT2D eigenvalue weighted by atomic mass is 35.5. The van der Waals surface area contributed by atoms with E-state index in [9.17, 15) is 9.59 Å². The number of nitrogens with zero attached hydrogens (tertiary/aromatic N) is 4. The number of nitrogens with one attached hydrogen (secondary N) is 2. The van der Waals surface area contributed by atoms with Crippen LogP contribution in [-0.2, 0) is 18.4 Å². The van der Waals surface area contributed by atoms with E-state index in [0.29, 0.717) is 26.7 Å². The topological polar surface area (TPSA) is 102 Å². The largest absolute Gasteiger partial charge is 0.345 e. The summed E-state index contributed by atoms with van der Waals surface area (Å²) < 4.78 is 1.71. The predicted octanol–water partition coefficient (Wildman–Crippen LogP) is 3.24. The van der Waals surface area contributed by atoms with Crippen LogP contribution in [0.5, 0.6) is 0 Å². The van der Waals surface area contributed by atoms with Gasteiger partial charge in [0.15, 0.2) is 16.1 Å². The Labute approximate surface area is 178 Å². The molecule has 0 atom stereocenters. The quantitative estimate of drug-likeness (QED) is 0.529. The van der Waals surface area contributed by atoms with Crippen molar-refractivity contribution in [2.75, 3.05) is 11.1 Å². The maximum atomic E-state index is 12.3. The second-order valence-electron chi connectivity index (χ2n) is 5.44. The van der Waals surface area contributed by atoms with Crippen molar-refractivity contribution in [1.29, 1.82) is 0 Å². The molecule has 2 aromatic heterocycles. The lowest BCUT2D eigenvalue weighted by Crippen LogP contribution is -2.24. The number of thioether (sulfide) groups is 1. The molecule has 2 amide bonds. The van der Waals surface area contributed by atoms with Crippen molar-refractivity contribution in [1.82, 2.24) is 25.1 Å². The number of hydrogen-bond donors (Lipinski definition) is 2. The maximum Gasteiger partial charge on any atom is 0.253 e. The van der Waals surface area contributed by atoms with Crippen LogP contribution in [0.1, 0.15) is 16.2 Å². The first-order chi connectivity index (χ1) is 13.4. The van der Waals surface area contributed by atoms with Gasteiger partial charge in [-0.3, -0.25) is 9.59 Å². The van der Waals surface area contributed by atoms with Crippen LogP contribution in [0.25, 0.3) is 0 Å². The highest BCUT2D eigenvalue weighted by molar-refractivity contribution is 7.99. The zero-order valence-electron chi connectivity index (χ0n) is 14.5. The van der Waals surface area contributed by atoms with Gasteiger partial charge in [0.2, 0.25) is 5.91 Å². The summed E-state index contributed by atoms with van der Waals surface area (Å²) in [7, 11) is 1.76.